The Kier molecular flexibility index (Phi) is 4.30. The summed E-state index contributed by atoms with van der Waals surface area (Å²) in [6.45, 7) is -0.173. The summed E-state index contributed by atoms with van der Waals surface area (Å²) in [5.74, 6) is -0.479. The maximum atomic E-state index is 10.2. The van der Waals surface area contributed by atoms with Crippen LogP contribution in [-0.2, 0) is 14.3 Å². The maximum absolute atomic E-state index is 10.2. The number of methoxy groups -OCH3 is 1. The van der Waals surface area contributed by atoms with Crippen LogP contribution in [0.4, 0.5) is 0 Å². The van der Waals surface area contributed by atoms with Crippen LogP contribution in [0.2, 0.25) is 0 Å². The zero-order valence-electron chi connectivity index (χ0n) is 5.03. The number of aliphatic hydroxyl groups is 1. The van der Waals surface area contributed by atoms with Crippen LogP contribution < -0.4 is 0 Å². The lowest BCUT2D eigenvalue weighted by molar-refractivity contribution is -0.144. The van der Waals surface area contributed by atoms with Crippen molar-refractivity contribution in [3.05, 3.63) is 12.5 Å². The molecule has 0 rings (SSSR count). The van der Waals surface area contributed by atoms with Crippen molar-refractivity contribution in [1.82, 2.24) is 0 Å². The Morgan fingerprint density at radius 1 is 1.78 bits per heavy atom. The standard InChI is InChI=1S/C5H8O4/c1-8-5(7)4-9-3-2-6/h2-3,6H,4H2,1H3. The normalized spacial score (nSPS) is 9.44. The van der Waals surface area contributed by atoms with Crippen LogP contribution in [-0.4, -0.2) is 24.8 Å². The molecule has 1 N–H and O–H groups in total. The quantitative estimate of drug-likeness (QED) is 0.440. The van der Waals surface area contributed by atoms with Crippen molar-refractivity contribution in [2.75, 3.05) is 13.7 Å². The molecule has 4 heteroatoms. The van der Waals surface area contributed by atoms with Crippen LogP contribution in [0.5, 0.6) is 0 Å². The third-order valence-corrected chi connectivity index (χ3v) is 0.586. The van der Waals surface area contributed by atoms with Crippen molar-refractivity contribution in [2.24, 2.45) is 0 Å². The lowest BCUT2D eigenvalue weighted by atomic mass is 10.7. The van der Waals surface area contributed by atoms with Crippen molar-refractivity contribution in [1.29, 1.82) is 0 Å². The fourth-order valence-corrected chi connectivity index (χ4v) is 0.218. The van der Waals surface area contributed by atoms with Crippen LogP contribution in [0.3, 0.4) is 0 Å². The monoisotopic (exact) mass is 132 g/mol. The molecule has 0 fully saturated rings. The zero-order chi connectivity index (χ0) is 7.11. The lowest BCUT2D eigenvalue weighted by Gasteiger charge is -1.95. The van der Waals surface area contributed by atoms with Gasteiger partial charge in [0.05, 0.1) is 7.11 Å². The van der Waals surface area contributed by atoms with Gasteiger partial charge in [-0.15, -0.1) is 0 Å². The molecule has 0 aliphatic heterocycles. The van der Waals surface area contributed by atoms with Crippen molar-refractivity contribution >= 4 is 5.97 Å². The molecule has 4 nitrogen and oxygen atoms in total. The molecule has 0 bridgehead atoms. The van der Waals surface area contributed by atoms with Gasteiger partial charge in [-0.1, -0.05) is 0 Å². The summed E-state index contributed by atoms with van der Waals surface area (Å²) in [5.41, 5.74) is 0. The summed E-state index contributed by atoms with van der Waals surface area (Å²) < 4.78 is 8.65. The van der Waals surface area contributed by atoms with Gasteiger partial charge in [0.2, 0.25) is 0 Å². The van der Waals surface area contributed by atoms with Gasteiger partial charge >= 0.3 is 5.97 Å². The molecular weight excluding hydrogens is 124 g/mol. The van der Waals surface area contributed by atoms with Crippen molar-refractivity contribution in [3.8, 4) is 0 Å². The summed E-state index contributed by atoms with van der Waals surface area (Å²) in [6.07, 6.45) is 1.69. The van der Waals surface area contributed by atoms with E-state index >= 15 is 0 Å². The Bertz CT molecular complexity index is 108. The van der Waals surface area contributed by atoms with E-state index in [1.54, 1.807) is 0 Å². The largest absolute Gasteiger partial charge is 0.512 e. The van der Waals surface area contributed by atoms with E-state index in [1.807, 2.05) is 0 Å². The molecule has 0 amide bonds. The summed E-state index contributed by atoms with van der Waals surface area (Å²) in [6, 6.07) is 0. The second-order valence-electron chi connectivity index (χ2n) is 1.17. The molecule has 0 aromatic heterocycles. The first-order valence-corrected chi connectivity index (χ1v) is 2.29. The van der Waals surface area contributed by atoms with E-state index in [-0.39, 0.29) is 6.61 Å². The first-order valence-electron chi connectivity index (χ1n) is 2.29. The van der Waals surface area contributed by atoms with Gasteiger partial charge in [0.25, 0.3) is 0 Å². The molecule has 0 saturated carbocycles. The highest BCUT2D eigenvalue weighted by atomic mass is 16.6. The molecular formula is C5H8O4. The van der Waals surface area contributed by atoms with Crippen molar-refractivity contribution in [2.45, 2.75) is 0 Å². The van der Waals surface area contributed by atoms with Gasteiger partial charge in [0.15, 0.2) is 6.61 Å². The SMILES string of the molecule is COC(=O)COC=CO. The smallest absolute Gasteiger partial charge is 0.343 e. The molecule has 0 aromatic carbocycles. The second-order valence-corrected chi connectivity index (χ2v) is 1.17. The summed E-state index contributed by atoms with van der Waals surface area (Å²) in [4.78, 5) is 10.2. The number of hydrogen-bond donors (Lipinski definition) is 1. The fourth-order valence-electron chi connectivity index (χ4n) is 0.218. The first kappa shape index (κ1) is 7.81. The first-order chi connectivity index (χ1) is 4.31. The molecule has 0 saturated heterocycles. The van der Waals surface area contributed by atoms with Crippen LogP contribution in [0, 0.1) is 0 Å². The van der Waals surface area contributed by atoms with E-state index in [0.717, 1.165) is 6.26 Å². The minimum atomic E-state index is -0.479. The molecule has 0 heterocycles. The number of hydrogen-bond acceptors (Lipinski definition) is 4. The molecule has 0 aromatic rings. The number of rotatable bonds is 3. The van der Waals surface area contributed by atoms with Gasteiger partial charge < -0.3 is 14.6 Å². The molecule has 0 spiro atoms. The Labute approximate surface area is 52.7 Å². The highest BCUT2D eigenvalue weighted by Gasteiger charge is 1.95. The Balaban J connectivity index is 3.17. The molecule has 0 aliphatic carbocycles. The average molecular weight is 132 g/mol. The third-order valence-electron chi connectivity index (χ3n) is 0.586. The Morgan fingerprint density at radius 2 is 2.44 bits per heavy atom. The van der Waals surface area contributed by atoms with Crippen LogP contribution in [0.1, 0.15) is 0 Å². The number of carbonyl (C=O) groups is 1. The van der Waals surface area contributed by atoms with Crippen LogP contribution in [0.25, 0.3) is 0 Å². The van der Waals surface area contributed by atoms with Gasteiger partial charge in [-0.25, -0.2) is 4.79 Å². The molecule has 9 heavy (non-hydrogen) atoms. The van der Waals surface area contributed by atoms with Gasteiger partial charge in [0.1, 0.15) is 12.5 Å². The molecule has 0 aliphatic rings. The van der Waals surface area contributed by atoms with Crippen LogP contribution >= 0.6 is 0 Å². The van der Waals surface area contributed by atoms with Gasteiger partial charge in [-0.05, 0) is 0 Å². The van der Waals surface area contributed by atoms with E-state index < -0.39 is 5.97 Å². The maximum Gasteiger partial charge on any atom is 0.343 e. The molecule has 52 valence electrons. The number of aliphatic hydroxyl groups excluding tert-OH is 1. The van der Waals surface area contributed by atoms with Crippen LogP contribution in [0.15, 0.2) is 12.5 Å². The number of carbonyl (C=O) groups excluding carboxylic acids is 1. The fraction of sp³-hybridized carbons (Fsp3) is 0.400. The van der Waals surface area contributed by atoms with E-state index in [0.29, 0.717) is 6.26 Å². The van der Waals surface area contributed by atoms with Crippen molar-refractivity contribution in [3.63, 3.8) is 0 Å². The third kappa shape index (κ3) is 4.67. The lowest BCUT2D eigenvalue weighted by Crippen LogP contribution is -2.07. The zero-order valence-corrected chi connectivity index (χ0v) is 5.03. The topological polar surface area (TPSA) is 55.8 Å². The summed E-state index contributed by atoms with van der Waals surface area (Å²) in [5, 5.41) is 7.99. The number of ether oxygens (including phenoxy) is 2. The second kappa shape index (κ2) is 4.96. The van der Waals surface area contributed by atoms with E-state index in [2.05, 4.69) is 9.47 Å². The molecule has 0 unspecified atom stereocenters. The van der Waals surface area contributed by atoms with E-state index in [4.69, 9.17) is 5.11 Å². The highest BCUT2D eigenvalue weighted by Crippen LogP contribution is 1.78. The van der Waals surface area contributed by atoms with E-state index in [9.17, 15) is 4.79 Å². The number of esters is 1. The van der Waals surface area contributed by atoms with Crippen molar-refractivity contribution < 1.29 is 19.4 Å². The minimum absolute atomic E-state index is 0.173. The summed E-state index contributed by atoms with van der Waals surface area (Å²) >= 11 is 0. The predicted molar refractivity (Wildman–Crippen MR) is 29.7 cm³/mol. The molecule has 0 radical (unpaired) electrons. The highest BCUT2D eigenvalue weighted by molar-refractivity contribution is 5.70. The predicted octanol–water partition coefficient (Wildman–Crippen LogP) is 0.205. The Morgan fingerprint density at radius 3 is 2.89 bits per heavy atom. The van der Waals surface area contributed by atoms with Gasteiger partial charge in [0, 0.05) is 0 Å². The molecule has 0 atom stereocenters. The van der Waals surface area contributed by atoms with Gasteiger partial charge in [-0.2, -0.15) is 0 Å². The Hall–Kier alpha value is -1.19. The van der Waals surface area contributed by atoms with E-state index in [1.165, 1.54) is 7.11 Å². The van der Waals surface area contributed by atoms with Gasteiger partial charge in [-0.3, -0.25) is 0 Å². The average Bonchev–Trinajstić information content (AvgIpc) is 1.89. The minimum Gasteiger partial charge on any atom is -0.512 e. The summed E-state index contributed by atoms with van der Waals surface area (Å²) in [7, 11) is 1.26.